The summed E-state index contributed by atoms with van der Waals surface area (Å²) < 4.78 is 5.40. The fourth-order valence-corrected chi connectivity index (χ4v) is 2.73. The summed E-state index contributed by atoms with van der Waals surface area (Å²) in [5.74, 6) is 0.0416. The van der Waals surface area contributed by atoms with E-state index in [0.29, 0.717) is 21.5 Å². The number of hydrogen-bond acceptors (Lipinski definition) is 4. The molecule has 7 heteroatoms. The van der Waals surface area contributed by atoms with Gasteiger partial charge in [0.15, 0.2) is 0 Å². The minimum Gasteiger partial charge on any atom is -0.420 e. The lowest BCUT2D eigenvalue weighted by atomic mass is 9.84. The van der Waals surface area contributed by atoms with Gasteiger partial charge in [0.05, 0.1) is 16.0 Å². The molecule has 1 aromatic heterocycles. The number of aryl methyl sites for hydroxylation is 1. The van der Waals surface area contributed by atoms with Gasteiger partial charge >= 0.3 is 0 Å². The number of halogens is 2. The van der Waals surface area contributed by atoms with E-state index in [1.54, 1.807) is 12.1 Å². The Morgan fingerprint density at radius 2 is 2.14 bits per heavy atom. The second kappa shape index (κ2) is 4.99. The van der Waals surface area contributed by atoms with Crippen LogP contribution in [-0.2, 0) is 0 Å². The summed E-state index contributed by atoms with van der Waals surface area (Å²) in [5, 5.41) is 17.2. The van der Waals surface area contributed by atoms with Crippen LogP contribution in [0.25, 0.3) is 0 Å². The molecule has 0 saturated carbocycles. The quantitative estimate of drug-likeness (QED) is 0.844. The highest BCUT2D eigenvalue weighted by molar-refractivity contribution is 6.42. The van der Waals surface area contributed by atoms with Crippen molar-refractivity contribution in [1.29, 1.82) is 5.26 Å². The Bertz CT molecular complexity index is 804. The van der Waals surface area contributed by atoms with E-state index in [-0.39, 0.29) is 11.8 Å². The number of fused-ring (bicyclic) bond motifs is 1. The van der Waals surface area contributed by atoms with Crippen LogP contribution < -0.4 is 10.5 Å². The molecule has 0 amide bonds. The summed E-state index contributed by atoms with van der Waals surface area (Å²) in [6, 6.07) is 7.33. The van der Waals surface area contributed by atoms with Crippen LogP contribution >= 0.6 is 23.2 Å². The number of benzene rings is 1. The number of aromatic nitrogens is 2. The van der Waals surface area contributed by atoms with Gasteiger partial charge in [-0.25, -0.2) is 0 Å². The monoisotopic (exact) mass is 320 g/mol. The van der Waals surface area contributed by atoms with Crippen molar-refractivity contribution < 1.29 is 4.74 Å². The number of nitriles is 1. The van der Waals surface area contributed by atoms with Crippen LogP contribution in [0, 0.1) is 18.3 Å². The molecule has 0 bridgehead atoms. The molecule has 2 heterocycles. The van der Waals surface area contributed by atoms with E-state index in [1.165, 1.54) is 0 Å². The number of hydrogen-bond donors (Lipinski definition) is 2. The van der Waals surface area contributed by atoms with Gasteiger partial charge < -0.3 is 10.5 Å². The van der Waals surface area contributed by atoms with Crippen LogP contribution in [0.3, 0.4) is 0 Å². The van der Waals surface area contributed by atoms with Crippen molar-refractivity contribution in [2.75, 3.05) is 0 Å². The van der Waals surface area contributed by atoms with Gasteiger partial charge in [-0.15, -0.1) is 5.10 Å². The predicted molar refractivity (Wildman–Crippen MR) is 79.1 cm³/mol. The first kappa shape index (κ1) is 13.8. The minimum absolute atomic E-state index is 0.0487. The number of nitrogens with one attached hydrogen (secondary N) is 1. The number of rotatable bonds is 1. The van der Waals surface area contributed by atoms with Crippen molar-refractivity contribution >= 4 is 23.2 Å². The van der Waals surface area contributed by atoms with Crippen LogP contribution in [0.4, 0.5) is 0 Å². The first-order valence-electron chi connectivity index (χ1n) is 6.10. The maximum atomic E-state index is 9.41. The number of ether oxygens (including phenoxy) is 1. The molecule has 106 valence electrons. The number of aromatic amines is 1. The molecule has 3 rings (SSSR count). The van der Waals surface area contributed by atoms with Gasteiger partial charge in [0, 0.05) is 11.3 Å². The minimum atomic E-state index is -0.382. The van der Waals surface area contributed by atoms with Gasteiger partial charge in [-0.2, -0.15) is 5.26 Å². The largest absolute Gasteiger partial charge is 0.420 e. The Balaban J connectivity index is 2.24. The third-order valence-electron chi connectivity index (χ3n) is 3.41. The molecule has 0 saturated heterocycles. The maximum Gasteiger partial charge on any atom is 0.244 e. The molecule has 0 radical (unpaired) electrons. The van der Waals surface area contributed by atoms with Crippen LogP contribution in [-0.4, -0.2) is 10.2 Å². The van der Waals surface area contributed by atoms with Crippen molar-refractivity contribution in [2.24, 2.45) is 5.73 Å². The molecule has 2 aromatic rings. The Morgan fingerprint density at radius 1 is 1.38 bits per heavy atom. The molecule has 0 unspecified atom stereocenters. The standard InChI is InChI=1S/C14H10Cl2N4O/c1-6-11-12(7-2-3-9(15)10(16)4-7)8(5-17)13(18)21-14(11)20-19-6/h2-4,12H,18H2,1H3,(H,19,20)/t12-/m1/s1. The van der Waals surface area contributed by atoms with E-state index >= 15 is 0 Å². The summed E-state index contributed by atoms with van der Waals surface area (Å²) in [6.45, 7) is 1.86. The Labute approximate surface area is 130 Å². The van der Waals surface area contributed by atoms with E-state index in [4.69, 9.17) is 33.7 Å². The molecule has 3 N–H and O–H groups in total. The zero-order valence-corrected chi connectivity index (χ0v) is 12.5. The molecule has 0 spiro atoms. The Hall–Kier alpha value is -2.16. The Morgan fingerprint density at radius 3 is 2.81 bits per heavy atom. The van der Waals surface area contributed by atoms with Crippen molar-refractivity contribution in [3.05, 3.63) is 56.5 Å². The van der Waals surface area contributed by atoms with Crippen molar-refractivity contribution in [3.8, 4) is 11.9 Å². The van der Waals surface area contributed by atoms with Crippen LogP contribution in [0.15, 0.2) is 29.7 Å². The molecular weight excluding hydrogens is 311 g/mol. The van der Waals surface area contributed by atoms with Crippen LogP contribution in [0.1, 0.15) is 22.7 Å². The van der Waals surface area contributed by atoms with E-state index in [9.17, 15) is 5.26 Å². The second-order valence-corrected chi connectivity index (χ2v) is 5.48. The van der Waals surface area contributed by atoms with E-state index in [0.717, 1.165) is 16.8 Å². The third kappa shape index (κ3) is 2.13. The van der Waals surface area contributed by atoms with Crippen molar-refractivity contribution in [1.82, 2.24) is 10.2 Å². The summed E-state index contributed by atoms with van der Waals surface area (Å²) in [5.41, 5.74) is 8.54. The summed E-state index contributed by atoms with van der Waals surface area (Å²) in [6.07, 6.45) is 0. The van der Waals surface area contributed by atoms with Gasteiger partial charge in [-0.3, -0.25) is 5.10 Å². The lowest BCUT2D eigenvalue weighted by molar-refractivity contribution is 0.379. The summed E-state index contributed by atoms with van der Waals surface area (Å²) >= 11 is 12.0. The van der Waals surface area contributed by atoms with E-state index in [2.05, 4.69) is 16.3 Å². The van der Waals surface area contributed by atoms with Gasteiger partial charge in [0.2, 0.25) is 11.8 Å². The van der Waals surface area contributed by atoms with Crippen molar-refractivity contribution in [2.45, 2.75) is 12.8 Å². The SMILES string of the molecule is Cc1[nH]nc2c1[C@H](c1ccc(Cl)c(Cl)c1)C(C#N)=C(N)O2. The average Bonchev–Trinajstić information content (AvgIpc) is 2.81. The highest BCUT2D eigenvalue weighted by Gasteiger charge is 2.34. The molecule has 0 aliphatic carbocycles. The average molecular weight is 321 g/mol. The molecule has 5 nitrogen and oxygen atoms in total. The van der Waals surface area contributed by atoms with E-state index < -0.39 is 0 Å². The molecule has 1 atom stereocenters. The highest BCUT2D eigenvalue weighted by atomic mass is 35.5. The molecule has 1 aliphatic heterocycles. The number of nitrogens with zero attached hydrogens (tertiary/aromatic N) is 2. The number of H-pyrrole nitrogens is 1. The topological polar surface area (TPSA) is 87.7 Å². The zero-order valence-electron chi connectivity index (χ0n) is 10.9. The molecule has 1 aromatic carbocycles. The maximum absolute atomic E-state index is 9.41. The normalized spacial score (nSPS) is 17.1. The van der Waals surface area contributed by atoms with Crippen molar-refractivity contribution in [3.63, 3.8) is 0 Å². The Kier molecular flexibility index (Phi) is 3.28. The fourth-order valence-electron chi connectivity index (χ4n) is 2.42. The molecular formula is C14H10Cl2N4O. The first-order valence-corrected chi connectivity index (χ1v) is 6.86. The lowest BCUT2D eigenvalue weighted by Crippen LogP contribution is -2.21. The van der Waals surface area contributed by atoms with Gasteiger partial charge in [0.25, 0.3) is 0 Å². The van der Waals surface area contributed by atoms with E-state index in [1.807, 2.05) is 13.0 Å². The predicted octanol–water partition coefficient (Wildman–Crippen LogP) is 3.24. The molecule has 0 fully saturated rings. The fraction of sp³-hybridized carbons (Fsp3) is 0.143. The smallest absolute Gasteiger partial charge is 0.244 e. The van der Waals surface area contributed by atoms with Gasteiger partial charge in [-0.1, -0.05) is 29.3 Å². The molecule has 21 heavy (non-hydrogen) atoms. The first-order chi connectivity index (χ1) is 10.0. The lowest BCUT2D eigenvalue weighted by Gasteiger charge is -2.23. The van der Waals surface area contributed by atoms with Gasteiger partial charge in [0.1, 0.15) is 11.6 Å². The summed E-state index contributed by atoms with van der Waals surface area (Å²) in [7, 11) is 0. The highest BCUT2D eigenvalue weighted by Crippen LogP contribution is 2.43. The number of nitrogens with two attached hydrogens (primary N) is 1. The van der Waals surface area contributed by atoms with Crippen LogP contribution in [0.5, 0.6) is 5.88 Å². The number of allylic oxidation sites excluding steroid dienone is 1. The van der Waals surface area contributed by atoms with Gasteiger partial charge in [-0.05, 0) is 24.6 Å². The zero-order chi connectivity index (χ0) is 15.1. The second-order valence-electron chi connectivity index (χ2n) is 4.67. The summed E-state index contributed by atoms with van der Waals surface area (Å²) in [4.78, 5) is 0. The third-order valence-corrected chi connectivity index (χ3v) is 4.15. The van der Waals surface area contributed by atoms with Crippen LogP contribution in [0.2, 0.25) is 10.0 Å². The molecule has 1 aliphatic rings.